The molecule has 1 aromatic heterocycles. The SMILES string of the molecule is CN(C)C1CCCN(C(=O)c2cc(Br)sc2Br)C1. The van der Waals surface area contributed by atoms with Crippen LogP contribution >= 0.6 is 43.2 Å². The zero-order valence-corrected chi connectivity index (χ0v) is 14.4. The van der Waals surface area contributed by atoms with Gasteiger partial charge in [-0.15, -0.1) is 11.3 Å². The number of hydrogen-bond acceptors (Lipinski definition) is 3. The van der Waals surface area contributed by atoms with Crippen molar-refractivity contribution < 1.29 is 4.79 Å². The van der Waals surface area contributed by atoms with Crippen LogP contribution in [0.15, 0.2) is 13.6 Å². The van der Waals surface area contributed by atoms with Crippen molar-refractivity contribution in [1.82, 2.24) is 9.80 Å². The molecule has 1 fully saturated rings. The van der Waals surface area contributed by atoms with Gasteiger partial charge in [0.2, 0.25) is 0 Å². The molecule has 0 aromatic carbocycles. The van der Waals surface area contributed by atoms with Crippen LogP contribution in [-0.2, 0) is 0 Å². The Morgan fingerprint density at radius 3 is 2.78 bits per heavy atom. The van der Waals surface area contributed by atoms with Crippen molar-refractivity contribution in [2.45, 2.75) is 18.9 Å². The van der Waals surface area contributed by atoms with Crippen LogP contribution in [0.3, 0.4) is 0 Å². The maximum absolute atomic E-state index is 12.5. The summed E-state index contributed by atoms with van der Waals surface area (Å²) < 4.78 is 1.89. The van der Waals surface area contributed by atoms with Crippen LogP contribution in [-0.4, -0.2) is 48.9 Å². The molecule has 1 atom stereocenters. The van der Waals surface area contributed by atoms with E-state index in [1.165, 1.54) is 6.42 Å². The van der Waals surface area contributed by atoms with Gasteiger partial charge in [-0.3, -0.25) is 4.79 Å². The summed E-state index contributed by atoms with van der Waals surface area (Å²) in [5, 5.41) is 0. The largest absolute Gasteiger partial charge is 0.337 e. The highest BCUT2D eigenvalue weighted by Gasteiger charge is 2.27. The van der Waals surface area contributed by atoms with E-state index in [1.807, 2.05) is 11.0 Å². The first kappa shape index (κ1) is 14.5. The molecular weight excluding hydrogens is 380 g/mol. The number of nitrogens with zero attached hydrogens (tertiary/aromatic N) is 2. The van der Waals surface area contributed by atoms with Crippen molar-refractivity contribution in [3.8, 4) is 0 Å². The van der Waals surface area contributed by atoms with E-state index < -0.39 is 0 Å². The summed E-state index contributed by atoms with van der Waals surface area (Å²) in [7, 11) is 4.16. The lowest BCUT2D eigenvalue weighted by atomic mass is 10.0. The van der Waals surface area contributed by atoms with Gasteiger partial charge in [-0.2, -0.15) is 0 Å². The van der Waals surface area contributed by atoms with Crippen molar-refractivity contribution in [2.24, 2.45) is 0 Å². The number of likely N-dealkylation sites (N-methyl/N-ethyl adjacent to an activating group) is 1. The maximum atomic E-state index is 12.5. The van der Waals surface area contributed by atoms with Crippen LogP contribution in [0.4, 0.5) is 0 Å². The van der Waals surface area contributed by atoms with Gasteiger partial charge in [0.1, 0.15) is 0 Å². The van der Waals surface area contributed by atoms with Crippen LogP contribution < -0.4 is 0 Å². The van der Waals surface area contributed by atoms with E-state index in [1.54, 1.807) is 11.3 Å². The van der Waals surface area contributed by atoms with Crippen LogP contribution in [0, 0.1) is 0 Å². The summed E-state index contributed by atoms with van der Waals surface area (Å²) in [6.07, 6.45) is 2.25. The molecule has 1 saturated heterocycles. The Balaban J connectivity index is 2.11. The molecule has 0 aliphatic carbocycles. The standard InChI is InChI=1S/C12H16Br2N2OS/c1-15(2)8-4-3-5-16(7-8)12(17)9-6-10(13)18-11(9)14/h6,8H,3-5,7H2,1-2H3. The minimum absolute atomic E-state index is 0.135. The first-order valence-electron chi connectivity index (χ1n) is 5.89. The molecule has 3 nitrogen and oxygen atoms in total. The molecule has 1 aromatic rings. The highest BCUT2D eigenvalue weighted by molar-refractivity contribution is 9.12. The molecule has 0 radical (unpaired) electrons. The Labute approximate surface area is 128 Å². The van der Waals surface area contributed by atoms with Crippen LogP contribution in [0.1, 0.15) is 23.2 Å². The van der Waals surface area contributed by atoms with Crippen molar-refractivity contribution in [3.05, 3.63) is 19.2 Å². The summed E-state index contributed by atoms with van der Waals surface area (Å²) in [6.45, 7) is 1.69. The third kappa shape index (κ3) is 3.15. The third-order valence-corrected chi connectivity index (χ3v) is 5.64. The number of carbonyl (C=O) groups is 1. The first-order chi connectivity index (χ1) is 8.49. The van der Waals surface area contributed by atoms with Crippen LogP contribution in [0.5, 0.6) is 0 Å². The number of rotatable bonds is 2. The number of halogens is 2. The second-order valence-electron chi connectivity index (χ2n) is 4.75. The van der Waals surface area contributed by atoms with Gasteiger partial charge in [-0.05, 0) is 64.9 Å². The molecule has 6 heteroatoms. The Hall–Kier alpha value is 0.0900. The fraction of sp³-hybridized carbons (Fsp3) is 0.583. The lowest BCUT2D eigenvalue weighted by molar-refractivity contribution is 0.0635. The fourth-order valence-corrected chi connectivity index (χ4v) is 4.99. The van der Waals surface area contributed by atoms with E-state index in [9.17, 15) is 4.79 Å². The quantitative estimate of drug-likeness (QED) is 0.765. The Bertz CT molecular complexity index is 447. The van der Waals surface area contributed by atoms with Crippen LogP contribution in [0.2, 0.25) is 0 Å². The molecule has 0 bridgehead atoms. The van der Waals surface area contributed by atoms with E-state index in [0.29, 0.717) is 6.04 Å². The van der Waals surface area contributed by atoms with Gasteiger partial charge < -0.3 is 9.80 Å². The van der Waals surface area contributed by atoms with Gasteiger partial charge in [0.05, 0.1) is 13.1 Å². The molecule has 1 unspecified atom stereocenters. The van der Waals surface area contributed by atoms with Gasteiger partial charge in [0, 0.05) is 19.1 Å². The number of amides is 1. The molecule has 0 saturated carbocycles. The average molecular weight is 396 g/mol. The molecule has 18 heavy (non-hydrogen) atoms. The number of thiophene rings is 1. The monoisotopic (exact) mass is 394 g/mol. The summed E-state index contributed by atoms with van der Waals surface area (Å²) in [4.78, 5) is 16.6. The van der Waals surface area contributed by atoms with Crippen molar-refractivity contribution in [3.63, 3.8) is 0 Å². The van der Waals surface area contributed by atoms with Gasteiger partial charge in [-0.1, -0.05) is 0 Å². The third-order valence-electron chi connectivity index (χ3n) is 3.30. The zero-order chi connectivity index (χ0) is 13.3. The van der Waals surface area contributed by atoms with Gasteiger partial charge in [-0.25, -0.2) is 0 Å². The topological polar surface area (TPSA) is 23.6 Å². The second-order valence-corrected chi connectivity index (χ2v) is 8.50. The molecule has 2 rings (SSSR count). The molecule has 0 N–H and O–H groups in total. The normalized spacial score (nSPS) is 20.5. The number of piperidine rings is 1. The number of carbonyl (C=O) groups excluding carboxylic acids is 1. The van der Waals surface area contributed by atoms with Crippen LogP contribution in [0.25, 0.3) is 0 Å². The molecule has 0 spiro atoms. The number of likely N-dealkylation sites (tertiary alicyclic amines) is 1. The van der Waals surface area contributed by atoms with E-state index in [2.05, 4.69) is 50.9 Å². The van der Waals surface area contributed by atoms with E-state index >= 15 is 0 Å². The van der Waals surface area contributed by atoms with Gasteiger partial charge in [0.15, 0.2) is 0 Å². The van der Waals surface area contributed by atoms with Crippen molar-refractivity contribution >= 4 is 49.1 Å². The minimum Gasteiger partial charge on any atom is -0.337 e. The first-order valence-corrected chi connectivity index (χ1v) is 8.30. The van der Waals surface area contributed by atoms with Crippen molar-refractivity contribution in [1.29, 1.82) is 0 Å². The summed E-state index contributed by atoms with van der Waals surface area (Å²) in [5.74, 6) is 0.135. The fourth-order valence-electron chi connectivity index (χ4n) is 2.22. The highest BCUT2D eigenvalue weighted by Crippen LogP contribution is 2.33. The summed E-state index contributed by atoms with van der Waals surface area (Å²) in [5.41, 5.74) is 0.770. The molecule has 1 aliphatic rings. The predicted octanol–water partition coefficient (Wildman–Crippen LogP) is 3.44. The van der Waals surface area contributed by atoms with Gasteiger partial charge >= 0.3 is 0 Å². The number of hydrogen-bond donors (Lipinski definition) is 0. The molecule has 1 amide bonds. The van der Waals surface area contributed by atoms with E-state index in [4.69, 9.17) is 0 Å². The lowest BCUT2D eigenvalue weighted by Gasteiger charge is -2.36. The molecule has 100 valence electrons. The molecular formula is C12H16Br2N2OS. The smallest absolute Gasteiger partial charge is 0.255 e. The Morgan fingerprint density at radius 2 is 2.22 bits per heavy atom. The van der Waals surface area contributed by atoms with Gasteiger partial charge in [0.25, 0.3) is 5.91 Å². The lowest BCUT2D eigenvalue weighted by Crippen LogP contribution is -2.47. The zero-order valence-electron chi connectivity index (χ0n) is 10.4. The summed E-state index contributed by atoms with van der Waals surface area (Å²) in [6, 6.07) is 2.37. The maximum Gasteiger partial charge on any atom is 0.255 e. The average Bonchev–Trinajstić information content (AvgIpc) is 2.67. The minimum atomic E-state index is 0.135. The predicted molar refractivity (Wildman–Crippen MR) is 82.3 cm³/mol. The Morgan fingerprint density at radius 1 is 1.50 bits per heavy atom. The van der Waals surface area contributed by atoms with Crippen molar-refractivity contribution in [2.75, 3.05) is 27.2 Å². The molecule has 2 heterocycles. The Kier molecular flexibility index (Phi) is 4.86. The summed E-state index contributed by atoms with van der Waals surface area (Å²) >= 11 is 8.42. The molecule has 1 aliphatic heterocycles. The van der Waals surface area contributed by atoms with E-state index in [0.717, 1.165) is 32.6 Å². The highest BCUT2D eigenvalue weighted by atomic mass is 79.9. The second kappa shape index (κ2) is 6.03. The van der Waals surface area contributed by atoms with E-state index in [-0.39, 0.29) is 5.91 Å².